The molecule has 2 aromatic rings. The van der Waals surface area contributed by atoms with Crippen molar-refractivity contribution < 1.29 is 33.3 Å². The van der Waals surface area contributed by atoms with Crippen molar-refractivity contribution in [1.29, 1.82) is 0 Å². The Morgan fingerprint density at radius 1 is 1.22 bits per heavy atom. The highest BCUT2D eigenvalue weighted by Crippen LogP contribution is 2.33. The molecule has 1 N–H and O–H groups in total. The van der Waals surface area contributed by atoms with Crippen LogP contribution in [0.25, 0.3) is 5.76 Å². The lowest BCUT2D eigenvalue weighted by atomic mass is 9.95. The molecular formula is C20H18O7. The van der Waals surface area contributed by atoms with Gasteiger partial charge in [-0.1, -0.05) is 30.3 Å². The number of esters is 1. The van der Waals surface area contributed by atoms with Gasteiger partial charge in [-0.2, -0.15) is 0 Å². The summed E-state index contributed by atoms with van der Waals surface area (Å²) >= 11 is 0. The van der Waals surface area contributed by atoms with Crippen molar-refractivity contribution in [3.8, 4) is 0 Å². The lowest BCUT2D eigenvalue weighted by molar-refractivity contribution is -0.149. The van der Waals surface area contributed by atoms with Crippen molar-refractivity contribution in [3.05, 3.63) is 77.6 Å². The molecule has 1 aromatic heterocycles. The van der Waals surface area contributed by atoms with E-state index in [4.69, 9.17) is 13.9 Å². The number of aliphatic hydroxyl groups excluding tert-OH is 1. The molecule has 0 amide bonds. The first kappa shape index (κ1) is 18.3. The van der Waals surface area contributed by atoms with Crippen LogP contribution in [0.4, 0.5) is 0 Å². The van der Waals surface area contributed by atoms with Crippen molar-refractivity contribution >= 4 is 17.5 Å². The molecule has 2 heterocycles. The van der Waals surface area contributed by atoms with Gasteiger partial charge < -0.3 is 23.7 Å². The van der Waals surface area contributed by atoms with E-state index < -0.39 is 17.5 Å². The molecule has 27 heavy (non-hydrogen) atoms. The van der Waals surface area contributed by atoms with Crippen molar-refractivity contribution in [2.75, 3.05) is 13.9 Å². The van der Waals surface area contributed by atoms with Crippen molar-refractivity contribution in [1.82, 2.24) is 0 Å². The average molecular weight is 370 g/mol. The lowest BCUT2D eigenvalue weighted by Gasteiger charge is -2.14. The van der Waals surface area contributed by atoms with E-state index >= 15 is 0 Å². The first-order chi connectivity index (χ1) is 13.1. The van der Waals surface area contributed by atoms with E-state index in [0.717, 1.165) is 18.7 Å². The number of aliphatic hydroxyl groups is 1. The molecule has 0 radical (unpaired) electrons. The first-order valence-corrected chi connectivity index (χ1v) is 8.20. The largest absolute Gasteiger partial charge is 0.504 e. The second-order valence-corrected chi connectivity index (χ2v) is 5.78. The maximum atomic E-state index is 11.6. The Labute approximate surface area is 155 Å². The maximum absolute atomic E-state index is 11.6. The van der Waals surface area contributed by atoms with E-state index in [0.29, 0.717) is 17.9 Å². The molecule has 0 saturated carbocycles. The number of rotatable bonds is 7. The summed E-state index contributed by atoms with van der Waals surface area (Å²) in [5, 5.41) is 10.1. The minimum Gasteiger partial charge on any atom is -0.504 e. The summed E-state index contributed by atoms with van der Waals surface area (Å²) < 4.78 is 20.7. The van der Waals surface area contributed by atoms with Gasteiger partial charge in [0.2, 0.25) is 6.79 Å². The number of carbonyl (C=O) groups excluding carboxylic acids is 2. The zero-order valence-corrected chi connectivity index (χ0v) is 14.6. The van der Waals surface area contributed by atoms with Gasteiger partial charge in [0.05, 0.1) is 13.0 Å². The highest BCUT2D eigenvalue weighted by Gasteiger charge is 2.26. The predicted octanol–water partition coefficient (Wildman–Crippen LogP) is 3.09. The Balaban J connectivity index is 1.85. The molecule has 7 nitrogen and oxygen atoms in total. The van der Waals surface area contributed by atoms with Gasteiger partial charge in [-0.05, 0) is 24.1 Å². The van der Waals surface area contributed by atoms with Crippen molar-refractivity contribution in [3.63, 3.8) is 0 Å². The molecule has 1 aliphatic rings. The van der Waals surface area contributed by atoms with Gasteiger partial charge in [0.25, 0.3) is 5.78 Å². The monoisotopic (exact) mass is 370 g/mol. The summed E-state index contributed by atoms with van der Waals surface area (Å²) in [5.41, 5.74) is 1.07. The molecule has 0 fully saturated rings. The van der Waals surface area contributed by atoms with E-state index in [1.165, 1.54) is 12.3 Å². The highest BCUT2D eigenvalue weighted by molar-refractivity contribution is 6.39. The molecule has 140 valence electrons. The Bertz CT molecular complexity index is 877. The second-order valence-electron chi connectivity index (χ2n) is 5.78. The Kier molecular flexibility index (Phi) is 5.61. The highest BCUT2D eigenvalue weighted by atomic mass is 16.7. The van der Waals surface area contributed by atoms with E-state index in [1.54, 1.807) is 6.07 Å². The SMILES string of the molecule is COC(=O)C(=O)C=C(O)c1ccc(C(Cc2ccccc2)C2=COCO2)o1. The molecule has 0 saturated heterocycles. The molecule has 1 aliphatic heterocycles. The van der Waals surface area contributed by atoms with Crippen LogP contribution in [-0.4, -0.2) is 30.8 Å². The molecule has 0 bridgehead atoms. The van der Waals surface area contributed by atoms with Crippen LogP contribution < -0.4 is 0 Å². The van der Waals surface area contributed by atoms with Gasteiger partial charge >= 0.3 is 5.97 Å². The van der Waals surface area contributed by atoms with Crippen LogP contribution in [-0.2, 0) is 30.2 Å². The zero-order valence-electron chi connectivity index (χ0n) is 14.6. The number of hydrogen-bond donors (Lipinski definition) is 1. The number of ketones is 1. The molecule has 7 heteroatoms. The number of methoxy groups -OCH3 is 1. The van der Waals surface area contributed by atoms with Crippen LogP contribution in [0.3, 0.4) is 0 Å². The van der Waals surface area contributed by atoms with Crippen LogP contribution in [0, 0.1) is 0 Å². The third-order valence-corrected chi connectivity index (χ3v) is 4.00. The maximum Gasteiger partial charge on any atom is 0.378 e. The first-order valence-electron chi connectivity index (χ1n) is 8.20. The third kappa shape index (κ3) is 4.38. The number of allylic oxidation sites excluding steroid dienone is 1. The fourth-order valence-corrected chi connectivity index (χ4v) is 2.66. The summed E-state index contributed by atoms with van der Waals surface area (Å²) in [6.07, 6.45) is 2.88. The number of furan rings is 1. The number of hydrogen-bond acceptors (Lipinski definition) is 7. The number of benzene rings is 1. The van der Waals surface area contributed by atoms with Crippen molar-refractivity contribution in [2.45, 2.75) is 12.3 Å². The Morgan fingerprint density at radius 3 is 2.67 bits per heavy atom. The quantitative estimate of drug-likeness (QED) is 0.346. The van der Waals surface area contributed by atoms with Gasteiger partial charge in [-0.3, -0.25) is 4.79 Å². The molecule has 1 aromatic carbocycles. The van der Waals surface area contributed by atoms with Crippen LogP contribution in [0.1, 0.15) is 23.0 Å². The van der Waals surface area contributed by atoms with Crippen molar-refractivity contribution in [2.24, 2.45) is 0 Å². The molecular weight excluding hydrogens is 352 g/mol. The fraction of sp³-hybridized carbons (Fsp3) is 0.200. The summed E-state index contributed by atoms with van der Waals surface area (Å²) in [5.74, 6) is -1.61. The molecule has 0 aliphatic carbocycles. The number of ether oxygens (including phenoxy) is 3. The van der Waals surface area contributed by atoms with Crippen LogP contribution in [0.2, 0.25) is 0 Å². The van der Waals surface area contributed by atoms with E-state index in [-0.39, 0.29) is 18.5 Å². The van der Waals surface area contributed by atoms with Gasteiger partial charge in [0.15, 0.2) is 11.5 Å². The zero-order chi connectivity index (χ0) is 19.2. The molecule has 0 spiro atoms. The third-order valence-electron chi connectivity index (χ3n) is 4.00. The Hall–Kier alpha value is -3.48. The molecule has 1 atom stereocenters. The second kappa shape index (κ2) is 8.27. The van der Waals surface area contributed by atoms with Gasteiger partial charge in [-0.15, -0.1) is 0 Å². The van der Waals surface area contributed by atoms with Gasteiger partial charge in [0.1, 0.15) is 17.8 Å². The fourth-order valence-electron chi connectivity index (χ4n) is 2.66. The molecule has 1 unspecified atom stereocenters. The van der Waals surface area contributed by atoms with E-state index in [2.05, 4.69) is 4.74 Å². The molecule has 3 rings (SSSR count). The standard InChI is InChI=1S/C20H18O7/c1-24-20(23)16(22)10-15(21)18-8-7-17(27-18)14(19-11-25-12-26-19)9-13-5-3-2-4-6-13/h2-8,10-11,14,21H,9,12H2,1H3. The minimum atomic E-state index is -1.07. The topological polar surface area (TPSA) is 95.2 Å². The summed E-state index contributed by atoms with van der Waals surface area (Å²) in [6, 6.07) is 13.0. The predicted molar refractivity (Wildman–Crippen MR) is 94.3 cm³/mol. The summed E-state index contributed by atoms with van der Waals surface area (Å²) in [7, 11) is 1.09. The van der Waals surface area contributed by atoms with E-state index in [9.17, 15) is 14.7 Å². The van der Waals surface area contributed by atoms with Crippen LogP contribution in [0.15, 0.2) is 65.0 Å². The Morgan fingerprint density at radius 2 is 2.00 bits per heavy atom. The number of carbonyl (C=O) groups is 2. The summed E-state index contributed by atoms with van der Waals surface area (Å²) in [4.78, 5) is 22.7. The van der Waals surface area contributed by atoms with Crippen LogP contribution in [0.5, 0.6) is 0 Å². The average Bonchev–Trinajstić information content (AvgIpc) is 3.38. The lowest BCUT2D eigenvalue weighted by Crippen LogP contribution is -2.13. The van der Waals surface area contributed by atoms with Gasteiger partial charge in [-0.25, -0.2) is 4.79 Å². The summed E-state index contributed by atoms with van der Waals surface area (Å²) in [6.45, 7) is 0.132. The van der Waals surface area contributed by atoms with E-state index in [1.807, 2.05) is 30.3 Å². The normalized spacial score (nSPS) is 14.7. The minimum absolute atomic E-state index is 0.0554. The smallest absolute Gasteiger partial charge is 0.378 e. The van der Waals surface area contributed by atoms with Gasteiger partial charge in [0, 0.05) is 6.08 Å². The van der Waals surface area contributed by atoms with Crippen LogP contribution >= 0.6 is 0 Å².